The summed E-state index contributed by atoms with van der Waals surface area (Å²) < 4.78 is 5.56. The number of nitrogens with one attached hydrogen (secondary N) is 1. The zero-order chi connectivity index (χ0) is 19.9. The third kappa shape index (κ3) is 6.06. The molecule has 1 saturated heterocycles. The number of thiocarbonyl (C=S) groups is 1. The summed E-state index contributed by atoms with van der Waals surface area (Å²) in [6, 6.07) is 10.3. The topological polar surface area (TPSA) is 34.9 Å². The monoisotopic (exact) mass is 400 g/mol. The van der Waals surface area contributed by atoms with Gasteiger partial charge in [-0.1, -0.05) is 6.07 Å². The molecule has 1 aliphatic heterocycles. The van der Waals surface area contributed by atoms with Gasteiger partial charge >= 0.3 is 0 Å². The molecule has 1 aromatic carbocycles. The summed E-state index contributed by atoms with van der Waals surface area (Å²) in [5, 5.41) is 4.16. The highest BCUT2D eigenvalue weighted by Crippen LogP contribution is 2.16. The highest BCUT2D eigenvalue weighted by molar-refractivity contribution is 7.80. The maximum atomic E-state index is 5.74. The number of benzene rings is 1. The highest BCUT2D eigenvalue weighted by Gasteiger charge is 2.16. The fourth-order valence-corrected chi connectivity index (χ4v) is 3.70. The smallest absolute Gasteiger partial charge is 0.173 e. The van der Waals surface area contributed by atoms with Crippen molar-refractivity contribution in [2.45, 2.75) is 26.8 Å². The lowest BCUT2D eigenvalue weighted by Gasteiger charge is -2.33. The molecule has 2 heterocycles. The van der Waals surface area contributed by atoms with Crippen molar-refractivity contribution in [1.29, 1.82) is 0 Å². The SMILES string of the molecule is Cc1ccc(NC(=S)N(CCCN2CCN(C)CC2)Cc2ccco2)cc1C. The molecule has 0 atom stereocenters. The van der Waals surface area contributed by atoms with Crippen LogP contribution in [0.5, 0.6) is 0 Å². The lowest BCUT2D eigenvalue weighted by atomic mass is 10.1. The Balaban J connectivity index is 1.57. The molecule has 2 aromatic rings. The summed E-state index contributed by atoms with van der Waals surface area (Å²) in [6.45, 7) is 11.6. The lowest BCUT2D eigenvalue weighted by Crippen LogP contribution is -2.45. The van der Waals surface area contributed by atoms with E-state index in [0.717, 1.165) is 62.2 Å². The van der Waals surface area contributed by atoms with Crippen LogP contribution in [0.15, 0.2) is 41.0 Å². The van der Waals surface area contributed by atoms with Gasteiger partial charge < -0.3 is 24.4 Å². The fourth-order valence-electron chi connectivity index (χ4n) is 3.42. The van der Waals surface area contributed by atoms with Crippen LogP contribution in [0.3, 0.4) is 0 Å². The van der Waals surface area contributed by atoms with E-state index in [-0.39, 0.29) is 0 Å². The minimum absolute atomic E-state index is 0.687. The number of hydrogen-bond donors (Lipinski definition) is 1. The largest absolute Gasteiger partial charge is 0.467 e. The van der Waals surface area contributed by atoms with Crippen molar-refractivity contribution < 1.29 is 4.42 Å². The van der Waals surface area contributed by atoms with Gasteiger partial charge in [-0.15, -0.1) is 0 Å². The van der Waals surface area contributed by atoms with Crippen molar-refractivity contribution in [1.82, 2.24) is 14.7 Å². The average molecular weight is 401 g/mol. The fraction of sp³-hybridized carbons (Fsp3) is 0.500. The molecule has 0 unspecified atom stereocenters. The summed E-state index contributed by atoms with van der Waals surface area (Å²) in [4.78, 5) is 7.15. The Bertz CT molecular complexity index is 754. The number of piperazine rings is 1. The van der Waals surface area contributed by atoms with Crippen molar-refractivity contribution in [3.05, 3.63) is 53.5 Å². The number of rotatable bonds is 7. The van der Waals surface area contributed by atoms with E-state index in [9.17, 15) is 0 Å². The van der Waals surface area contributed by atoms with Crippen LogP contribution in [0.2, 0.25) is 0 Å². The molecule has 1 aromatic heterocycles. The number of anilines is 1. The van der Waals surface area contributed by atoms with Crippen LogP contribution in [0, 0.1) is 13.8 Å². The Morgan fingerprint density at radius 1 is 1.14 bits per heavy atom. The Morgan fingerprint density at radius 3 is 2.61 bits per heavy atom. The number of nitrogens with zero attached hydrogens (tertiary/aromatic N) is 3. The van der Waals surface area contributed by atoms with Crippen molar-refractivity contribution in [2.75, 3.05) is 51.6 Å². The number of hydrogen-bond acceptors (Lipinski definition) is 4. The van der Waals surface area contributed by atoms with Crippen LogP contribution in [-0.2, 0) is 6.54 Å². The molecule has 0 amide bonds. The van der Waals surface area contributed by atoms with Crippen molar-refractivity contribution >= 4 is 23.0 Å². The van der Waals surface area contributed by atoms with Crippen LogP contribution in [0.4, 0.5) is 5.69 Å². The molecule has 28 heavy (non-hydrogen) atoms. The van der Waals surface area contributed by atoms with Crippen LogP contribution in [0.1, 0.15) is 23.3 Å². The van der Waals surface area contributed by atoms with Crippen LogP contribution < -0.4 is 5.32 Å². The number of furan rings is 1. The van der Waals surface area contributed by atoms with Crippen molar-refractivity contribution in [2.24, 2.45) is 0 Å². The van der Waals surface area contributed by atoms with E-state index in [2.05, 4.69) is 59.1 Å². The second kappa shape index (κ2) is 10.0. The predicted molar refractivity (Wildman–Crippen MR) is 120 cm³/mol. The van der Waals surface area contributed by atoms with E-state index in [1.54, 1.807) is 6.26 Å². The molecule has 152 valence electrons. The standard InChI is InChI=1S/C22H32N4OS/c1-18-7-8-20(16-19(18)2)23-22(28)26(17-21-6-4-15-27-21)10-5-9-25-13-11-24(3)12-14-25/h4,6-8,15-16H,5,9-14,17H2,1-3H3,(H,23,28). The van der Waals surface area contributed by atoms with Gasteiger partial charge in [0, 0.05) is 38.4 Å². The maximum Gasteiger partial charge on any atom is 0.173 e. The van der Waals surface area contributed by atoms with Gasteiger partial charge in [0.25, 0.3) is 0 Å². The highest BCUT2D eigenvalue weighted by atomic mass is 32.1. The molecule has 1 N–H and O–H groups in total. The first-order chi connectivity index (χ1) is 13.5. The molecule has 0 spiro atoms. The van der Waals surface area contributed by atoms with Gasteiger partial charge in [0.2, 0.25) is 0 Å². The summed E-state index contributed by atoms with van der Waals surface area (Å²) in [6.07, 6.45) is 2.80. The quantitative estimate of drug-likeness (QED) is 0.714. The summed E-state index contributed by atoms with van der Waals surface area (Å²) >= 11 is 5.74. The first-order valence-corrected chi connectivity index (χ1v) is 10.5. The van der Waals surface area contributed by atoms with E-state index in [0.29, 0.717) is 6.54 Å². The molecule has 5 nitrogen and oxygen atoms in total. The van der Waals surface area contributed by atoms with Crippen molar-refractivity contribution in [3.63, 3.8) is 0 Å². The molecule has 3 rings (SSSR count). The molecular formula is C22H32N4OS. The van der Waals surface area contributed by atoms with Gasteiger partial charge in [0.05, 0.1) is 12.8 Å². The second-order valence-electron chi connectivity index (χ2n) is 7.73. The molecule has 0 bridgehead atoms. The maximum absolute atomic E-state index is 5.74. The van der Waals surface area contributed by atoms with E-state index < -0.39 is 0 Å². The normalized spacial score (nSPS) is 15.5. The molecule has 1 aliphatic rings. The molecular weight excluding hydrogens is 368 g/mol. The number of aryl methyl sites for hydroxylation is 2. The van der Waals surface area contributed by atoms with E-state index >= 15 is 0 Å². The molecule has 1 fully saturated rings. The van der Waals surface area contributed by atoms with Gasteiger partial charge in [0.15, 0.2) is 5.11 Å². The van der Waals surface area contributed by atoms with Gasteiger partial charge in [-0.3, -0.25) is 0 Å². The zero-order valence-corrected chi connectivity index (χ0v) is 18.1. The summed E-state index contributed by atoms with van der Waals surface area (Å²) in [5.74, 6) is 0.934. The Morgan fingerprint density at radius 2 is 1.93 bits per heavy atom. The molecule has 0 radical (unpaired) electrons. The minimum atomic E-state index is 0.687. The molecule has 0 aliphatic carbocycles. The third-order valence-corrected chi connectivity index (χ3v) is 5.83. The predicted octanol–water partition coefficient (Wildman–Crippen LogP) is 3.73. The van der Waals surface area contributed by atoms with E-state index in [1.807, 2.05) is 12.1 Å². The summed E-state index contributed by atoms with van der Waals surface area (Å²) in [7, 11) is 2.19. The van der Waals surface area contributed by atoms with Gasteiger partial charge in [-0.2, -0.15) is 0 Å². The van der Waals surface area contributed by atoms with Gasteiger partial charge in [-0.05, 0) is 81.5 Å². The van der Waals surface area contributed by atoms with E-state index in [4.69, 9.17) is 16.6 Å². The van der Waals surface area contributed by atoms with Gasteiger partial charge in [0.1, 0.15) is 5.76 Å². The first-order valence-electron chi connectivity index (χ1n) is 10.1. The number of likely N-dealkylation sites (N-methyl/N-ethyl adjacent to an activating group) is 1. The Kier molecular flexibility index (Phi) is 7.48. The van der Waals surface area contributed by atoms with Crippen LogP contribution >= 0.6 is 12.2 Å². The molecule has 6 heteroatoms. The lowest BCUT2D eigenvalue weighted by molar-refractivity contribution is 0.149. The molecule has 0 saturated carbocycles. The van der Waals surface area contributed by atoms with Crippen LogP contribution in [-0.4, -0.2) is 66.1 Å². The second-order valence-corrected chi connectivity index (χ2v) is 8.12. The Labute approximate surface area is 174 Å². The Hall–Kier alpha value is -1.89. The zero-order valence-electron chi connectivity index (χ0n) is 17.3. The van der Waals surface area contributed by atoms with Crippen molar-refractivity contribution in [3.8, 4) is 0 Å². The summed E-state index contributed by atoms with van der Waals surface area (Å²) in [5.41, 5.74) is 3.59. The van der Waals surface area contributed by atoms with E-state index in [1.165, 1.54) is 11.1 Å². The van der Waals surface area contributed by atoms with Gasteiger partial charge in [-0.25, -0.2) is 0 Å². The third-order valence-electron chi connectivity index (χ3n) is 5.47. The first kappa shape index (κ1) is 20.8. The average Bonchev–Trinajstić information content (AvgIpc) is 3.18. The van der Waals surface area contributed by atoms with Crippen LogP contribution in [0.25, 0.3) is 0 Å². The minimum Gasteiger partial charge on any atom is -0.467 e.